The largest absolute Gasteiger partial charge is 0.340 e. The molecule has 2 heterocycles. The summed E-state index contributed by atoms with van der Waals surface area (Å²) in [6.07, 6.45) is 3.59. The zero-order chi connectivity index (χ0) is 18.5. The van der Waals surface area contributed by atoms with Crippen LogP contribution in [0.15, 0.2) is 54.0 Å². The second kappa shape index (κ2) is 9.69. The number of para-hydroxylation sites is 1. The number of carbonyl (C=O) groups is 1. The number of nitrogens with zero attached hydrogens (tertiary/aromatic N) is 3. The van der Waals surface area contributed by atoms with Gasteiger partial charge in [0, 0.05) is 25.4 Å². The van der Waals surface area contributed by atoms with Gasteiger partial charge in [0.1, 0.15) is 5.69 Å². The number of halogens is 1. The molecular formula is C20H25ClN4OS. The van der Waals surface area contributed by atoms with Crippen molar-refractivity contribution in [2.45, 2.75) is 32.4 Å². The number of aromatic nitrogens is 2. The highest BCUT2D eigenvalue weighted by Gasteiger charge is 2.20. The first kappa shape index (κ1) is 21.2. The van der Waals surface area contributed by atoms with E-state index in [0.29, 0.717) is 13.0 Å². The normalized spacial score (nSPS) is 11.7. The Kier molecular flexibility index (Phi) is 7.59. The molecule has 0 bridgehead atoms. The smallest absolute Gasteiger partial charge is 0.239 e. The Labute approximate surface area is 170 Å². The predicted molar refractivity (Wildman–Crippen MR) is 113 cm³/mol. The maximum atomic E-state index is 12.5. The molecule has 1 aromatic carbocycles. The van der Waals surface area contributed by atoms with Crippen LogP contribution in [-0.4, -0.2) is 33.7 Å². The third-order valence-electron chi connectivity index (χ3n) is 4.27. The van der Waals surface area contributed by atoms with Gasteiger partial charge in [-0.1, -0.05) is 37.6 Å². The van der Waals surface area contributed by atoms with Gasteiger partial charge < -0.3 is 10.6 Å². The molecule has 0 saturated heterocycles. The van der Waals surface area contributed by atoms with Crippen molar-refractivity contribution >= 4 is 29.7 Å². The van der Waals surface area contributed by atoms with E-state index in [4.69, 9.17) is 10.8 Å². The molecule has 0 aliphatic rings. The van der Waals surface area contributed by atoms with Gasteiger partial charge in [0.15, 0.2) is 0 Å². The average molecular weight is 405 g/mol. The van der Waals surface area contributed by atoms with Crippen LogP contribution in [0.1, 0.15) is 25.3 Å². The lowest BCUT2D eigenvalue weighted by atomic mass is 10.1. The number of rotatable bonds is 7. The van der Waals surface area contributed by atoms with Crippen LogP contribution in [0, 0.1) is 0 Å². The highest BCUT2D eigenvalue weighted by molar-refractivity contribution is 7.13. The molecule has 1 amide bonds. The van der Waals surface area contributed by atoms with Crippen LogP contribution in [0.25, 0.3) is 16.3 Å². The quantitative estimate of drug-likeness (QED) is 0.644. The number of hydrogen-bond donors (Lipinski definition) is 1. The third kappa shape index (κ3) is 4.97. The summed E-state index contributed by atoms with van der Waals surface area (Å²) in [6.45, 7) is 2.52. The maximum Gasteiger partial charge on any atom is 0.239 e. The molecule has 27 heavy (non-hydrogen) atoms. The van der Waals surface area contributed by atoms with Crippen molar-refractivity contribution in [1.82, 2.24) is 14.7 Å². The Hall–Kier alpha value is -2.15. The van der Waals surface area contributed by atoms with Gasteiger partial charge in [-0.3, -0.25) is 4.79 Å². The van der Waals surface area contributed by atoms with Crippen LogP contribution >= 0.6 is 23.7 Å². The minimum atomic E-state index is -0.445. The van der Waals surface area contributed by atoms with Crippen LogP contribution in [0.5, 0.6) is 0 Å². The molecule has 0 fully saturated rings. The molecule has 2 N–H and O–H groups in total. The van der Waals surface area contributed by atoms with Crippen LogP contribution in [-0.2, 0) is 11.3 Å². The molecule has 5 nitrogen and oxygen atoms in total. The summed E-state index contributed by atoms with van der Waals surface area (Å²) in [5, 5.41) is 6.81. The first-order valence-electron chi connectivity index (χ1n) is 8.78. The number of benzene rings is 1. The molecule has 2 aromatic heterocycles. The van der Waals surface area contributed by atoms with E-state index in [2.05, 4.69) is 6.07 Å². The van der Waals surface area contributed by atoms with Crippen molar-refractivity contribution in [1.29, 1.82) is 0 Å². The van der Waals surface area contributed by atoms with Crippen molar-refractivity contribution in [3.8, 4) is 16.3 Å². The maximum absolute atomic E-state index is 12.5. The summed E-state index contributed by atoms with van der Waals surface area (Å²) in [4.78, 5) is 15.3. The molecule has 0 aliphatic heterocycles. The fourth-order valence-corrected chi connectivity index (χ4v) is 3.65. The van der Waals surface area contributed by atoms with Crippen molar-refractivity contribution in [2.75, 3.05) is 7.05 Å². The molecular weight excluding hydrogens is 380 g/mol. The Morgan fingerprint density at radius 1 is 1.26 bits per heavy atom. The molecule has 7 heteroatoms. The topological polar surface area (TPSA) is 64.2 Å². The molecule has 0 aliphatic carbocycles. The summed E-state index contributed by atoms with van der Waals surface area (Å²) >= 11 is 1.64. The fraction of sp³-hybridized carbons (Fsp3) is 0.300. The third-order valence-corrected chi connectivity index (χ3v) is 5.14. The zero-order valence-electron chi connectivity index (χ0n) is 15.5. The summed E-state index contributed by atoms with van der Waals surface area (Å²) in [7, 11) is 1.80. The number of amides is 1. The second-order valence-corrected chi connectivity index (χ2v) is 7.30. The van der Waals surface area contributed by atoms with E-state index in [0.717, 1.165) is 28.2 Å². The molecule has 3 rings (SSSR count). The van der Waals surface area contributed by atoms with Gasteiger partial charge in [-0.05, 0) is 30.0 Å². The van der Waals surface area contributed by atoms with Crippen molar-refractivity contribution in [3.63, 3.8) is 0 Å². The minimum Gasteiger partial charge on any atom is -0.340 e. The summed E-state index contributed by atoms with van der Waals surface area (Å²) in [6, 6.07) is 13.6. The fourth-order valence-electron chi connectivity index (χ4n) is 2.91. The first-order chi connectivity index (χ1) is 12.6. The lowest BCUT2D eigenvalue weighted by Crippen LogP contribution is -2.41. The highest BCUT2D eigenvalue weighted by atomic mass is 35.5. The van der Waals surface area contributed by atoms with E-state index >= 15 is 0 Å². The van der Waals surface area contributed by atoms with Crippen LogP contribution in [0.4, 0.5) is 0 Å². The van der Waals surface area contributed by atoms with E-state index in [1.165, 1.54) is 0 Å². The van der Waals surface area contributed by atoms with E-state index in [9.17, 15) is 4.79 Å². The SMILES string of the molecule is CCCC(N)C(=O)N(C)Cc1cn(-c2ccccc2)nc1-c1cccs1.Cl. The van der Waals surface area contributed by atoms with E-state index in [1.54, 1.807) is 23.3 Å². The Balaban J connectivity index is 0.00000261. The summed E-state index contributed by atoms with van der Waals surface area (Å²) < 4.78 is 1.87. The first-order valence-corrected chi connectivity index (χ1v) is 9.66. The predicted octanol–water partition coefficient (Wildman–Crippen LogP) is 4.11. The molecule has 1 unspecified atom stereocenters. The number of nitrogens with two attached hydrogens (primary N) is 1. The van der Waals surface area contributed by atoms with E-state index in [-0.39, 0.29) is 18.3 Å². The number of hydrogen-bond acceptors (Lipinski definition) is 4. The standard InChI is InChI=1S/C20H24N4OS.ClH/c1-3-8-17(21)20(25)23(2)13-15-14-24(16-9-5-4-6-10-16)22-19(15)18-11-7-12-26-18;/h4-7,9-12,14,17H,3,8,13,21H2,1-2H3;1H. The van der Waals surface area contributed by atoms with Gasteiger partial charge in [0.05, 0.1) is 16.6 Å². The average Bonchev–Trinajstić information content (AvgIpc) is 3.31. The van der Waals surface area contributed by atoms with Gasteiger partial charge in [0.25, 0.3) is 0 Å². The van der Waals surface area contributed by atoms with Gasteiger partial charge in [-0.2, -0.15) is 5.10 Å². The van der Waals surface area contributed by atoms with Crippen LogP contribution < -0.4 is 5.73 Å². The van der Waals surface area contributed by atoms with E-state index in [1.807, 2.05) is 59.6 Å². The Bertz CT molecular complexity index is 848. The zero-order valence-corrected chi connectivity index (χ0v) is 17.2. The highest BCUT2D eigenvalue weighted by Crippen LogP contribution is 2.28. The van der Waals surface area contributed by atoms with Gasteiger partial charge >= 0.3 is 0 Å². The second-order valence-electron chi connectivity index (χ2n) is 6.35. The summed E-state index contributed by atoms with van der Waals surface area (Å²) in [5.74, 6) is -0.0311. The van der Waals surface area contributed by atoms with E-state index < -0.39 is 6.04 Å². The Morgan fingerprint density at radius 2 is 2.00 bits per heavy atom. The lowest BCUT2D eigenvalue weighted by molar-refractivity contribution is -0.131. The molecule has 0 saturated carbocycles. The number of carbonyl (C=O) groups excluding carboxylic acids is 1. The van der Waals surface area contributed by atoms with Crippen molar-refractivity contribution in [3.05, 3.63) is 59.6 Å². The molecule has 0 radical (unpaired) electrons. The van der Waals surface area contributed by atoms with Crippen LogP contribution in [0.2, 0.25) is 0 Å². The number of likely N-dealkylation sites (N-methyl/N-ethyl adjacent to an activating group) is 1. The summed E-state index contributed by atoms with van der Waals surface area (Å²) in [5.41, 5.74) is 8.91. The minimum absolute atomic E-state index is 0. The van der Waals surface area contributed by atoms with Crippen molar-refractivity contribution in [2.24, 2.45) is 5.73 Å². The molecule has 3 aromatic rings. The number of thiophene rings is 1. The van der Waals surface area contributed by atoms with Crippen LogP contribution in [0.3, 0.4) is 0 Å². The van der Waals surface area contributed by atoms with Gasteiger partial charge in [-0.15, -0.1) is 23.7 Å². The Morgan fingerprint density at radius 3 is 2.63 bits per heavy atom. The van der Waals surface area contributed by atoms with Gasteiger partial charge in [-0.25, -0.2) is 4.68 Å². The van der Waals surface area contributed by atoms with Crippen molar-refractivity contribution < 1.29 is 4.79 Å². The molecule has 0 spiro atoms. The monoisotopic (exact) mass is 404 g/mol. The van der Waals surface area contributed by atoms with Gasteiger partial charge in [0.2, 0.25) is 5.91 Å². The molecule has 1 atom stereocenters. The molecule has 144 valence electrons. The lowest BCUT2D eigenvalue weighted by Gasteiger charge is -2.20.